The summed E-state index contributed by atoms with van der Waals surface area (Å²) in [6, 6.07) is 11.4. The van der Waals surface area contributed by atoms with Gasteiger partial charge in [-0.2, -0.15) is 0 Å². The second-order valence-electron chi connectivity index (χ2n) is 9.37. The Hall–Kier alpha value is -2.87. The Bertz CT molecular complexity index is 1010. The van der Waals surface area contributed by atoms with Gasteiger partial charge in [0.2, 0.25) is 5.91 Å². The van der Waals surface area contributed by atoms with E-state index in [1.165, 1.54) is 0 Å². The molecule has 0 radical (unpaired) electrons. The van der Waals surface area contributed by atoms with E-state index in [9.17, 15) is 14.4 Å². The van der Waals surface area contributed by atoms with Gasteiger partial charge >= 0.3 is 5.97 Å². The van der Waals surface area contributed by atoms with Crippen molar-refractivity contribution in [1.82, 2.24) is 10.3 Å². The maximum absolute atomic E-state index is 12.1. The molecule has 2 aromatic rings. The molecule has 1 aromatic carbocycles. The maximum Gasteiger partial charge on any atom is 0.311 e. The molecule has 0 aliphatic carbocycles. The topological polar surface area (TPSA) is 94.6 Å². The molecule has 1 aliphatic heterocycles. The minimum atomic E-state index is -0.778. The molecular weight excluding hydrogens is 440 g/mol. The Morgan fingerprint density at radius 2 is 1.85 bits per heavy atom. The smallest absolute Gasteiger partial charge is 0.311 e. The van der Waals surface area contributed by atoms with Gasteiger partial charge in [0.25, 0.3) is 5.24 Å². The summed E-state index contributed by atoms with van der Waals surface area (Å²) >= 11 is 1.03. The molecule has 2 atom stereocenters. The Morgan fingerprint density at radius 3 is 2.39 bits per heavy atom. The van der Waals surface area contributed by atoms with Crippen molar-refractivity contribution >= 4 is 28.9 Å². The van der Waals surface area contributed by atoms with E-state index < -0.39 is 10.2 Å². The van der Waals surface area contributed by atoms with E-state index in [1.54, 1.807) is 13.1 Å². The van der Waals surface area contributed by atoms with Crippen LogP contribution in [0.2, 0.25) is 0 Å². The van der Waals surface area contributed by atoms with Crippen molar-refractivity contribution in [3.8, 4) is 5.75 Å². The standard InChI is InChI=1S/C25H30N2O5S/c1-16(32-22(29)24(2,3)4)18-8-9-19(26-15-18)12-13-31-20-10-6-17(7-11-20)14-25(5)21(28)27-23(30)33-25/h6-11,15-16H,12-14H2,1-5H3,(H,27,28,30)/t16?,25-/m1/s1. The molecule has 1 N–H and O–H groups in total. The third-order valence-corrected chi connectivity index (χ3v) is 6.39. The first-order chi connectivity index (χ1) is 15.5. The van der Waals surface area contributed by atoms with E-state index in [4.69, 9.17) is 9.47 Å². The number of nitrogens with zero attached hydrogens (tertiary/aromatic N) is 1. The number of esters is 1. The van der Waals surface area contributed by atoms with Crippen LogP contribution >= 0.6 is 11.8 Å². The zero-order valence-corrected chi connectivity index (χ0v) is 20.5. The Labute approximate surface area is 198 Å². The lowest BCUT2D eigenvalue weighted by atomic mass is 9.97. The van der Waals surface area contributed by atoms with Crippen LogP contribution in [0.5, 0.6) is 5.75 Å². The second kappa shape index (κ2) is 9.95. The first-order valence-corrected chi connectivity index (χ1v) is 11.7. The van der Waals surface area contributed by atoms with Crippen LogP contribution < -0.4 is 10.1 Å². The van der Waals surface area contributed by atoms with Crippen LogP contribution in [0.3, 0.4) is 0 Å². The summed E-state index contributed by atoms with van der Waals surface area (Å²) in [4.78, 5) is 40.0. The average molecular weight is 471 g/mol. The Kier molecular flexibility index (Phi) is 7.47. The number of imide groups is 1. The van der Waals surface area contributed by atoms with Gasteiger partial charge in [0.15, 0.2) is 0 Å². The molecule has 176 valence electrons. The number of carbonyl (C=O) groups is 3. The highest BCUT2D eigenvalue weighted by molar-refractivity contribution is 8.16. The fourth-order valence-electron chi connectivity index (χ4n) is 3.21. The maximum atomic E-state index is 12.1. The van der Waals surface area contributed by atoms with Crippen molar-refractivity contribution < 1.29 is 23.9 Å². The minimum absolute atomic E-state index is 0.244. The lowest BCUT2D eigenvalue weighted by Gasteiger charge is -2.21. The third kappa shape index (κ3) is 6.57. The molecular formula is C25H30N2O5S. The number of hydrogen-bond donors (Lipinski definition) is 1. The zero-order valence-electron chi connectivity index (χ0n) is 19.6. The molecule has 0 saturated carbocycles. The SMILES string of the molecule is CC(OC(=O)C(C)(C)C)c1ccc(CCOc2ccc(C[C@@]3(C)SC(=O)NC3=O)cc2)nc1. The van der Waals surface area contributed by atoms with Crippen LogP contribution in [0, 0.1) is 5.41 Å². The molecule has 3 rings (SSSR count). The molecule has 1 aromatic heterocycles. The quantitative estimate of drug-likeness (QED) is 0.562. The van der Waals surface area contributed by atoms with Gasteiger partial charge in [0.1, 0.15) is 16.6 Å². The van der Waals surface area contributed by atoms with Crippen LogP contribution in [0.15, 0.2) is 42.6 Å². The minimum Gasteiger partial charge on any atom is -0.493 e. The van der Waals surface area contributed by atoms with E-state index >= 15 is 0 Å². The van der Waals surface area contributed by atoms with Crippen molar-refractivity contribution in [1.29, 1.82) is 0 Å². The van der Waals surface area contributed by atoms with E-state index in [-0.39, 0.29) is 23.2 Å². The number of hydrogen-bond acceptors (Lipinski definition) is 7. The molecule has 1 unspecified atom stereocenters. The van der Waals surface area contributed by atoms with Crippen molar-refractivity contribution in [3.05, 3.63) is 59.4 Å². The van der Waals surface area contributed by atoms with Crippen LogP contribution in [0.4, 0.5) is 4.79 Å². The van der Waals surface area contributed by atoms with Crippen LogP contribution in [-0.2, 0) is 27.2 Å². The largest absolute Gasteiger partial charge is 0.493 e. The van der Waals surface area contributed by atoms with E-state index in [1.807, 2.05) is 64.1 Å². The molecule has 1 saturated heterocycles. The highest BCUT2D eigenvalue weighted by atomic mass is 32.2. The number of benzene rings is 1. The molecule has 0 bridgehead atoms. The molecule has 0 spiro atoms. The van der Waals surface area contributed by atoms with Crippen LogP contribution in [0.1, 0.15) is 57.5 Å². The summed E-state index contributed by atoms with van der Waals surface area (Å²) in [5.41, 5.74) is 2.14. The van der Waals surface area contributed by atoms with Gasteiger partial charge in [-0.1, -0.05) is 18.2 Å². The first-order valence-electron chi connectivity index (χ1n) is 10.9. The second-order valence-corrected chi connectivity index (χ2v) is 10.9. The van der Waals surface area contributed by atoms with Crippen molar-refractivity contribution in [2.45, 2.75) is 58.3 Å². The lowest BCUT2D eigenvalue weighted by Crippen LogP contribution is -2.35. The predicted molar refractivity (Wildman–Crippen MR) is 127 cm³/mol. The number of carbonyl (C=O) groups excluding carboxylic acids is 3. The third-order valence-electron chi connectivity index (χ3n) is 5.32. The Morgan fingerprint density at radius 1 is 1.15 bits per heavy atom. The van der Waals surface area contributed by atoms with Gasteiger partial charge in [0.05, 0.1) is 12.0 Å². The van der Waals surface area contributed by atoms with Crippen molar-refractivity contribution in [3.63, 3.8) is 0 Å². The summed E-state index contributed by atoms with van der Waals surface area (Å²) < 4.78 is 10.5. The summed E-state index contributed by atoms with van der Waals surface area (Å²) in [5, 5.41) is 2.04. The monoisotopic (exact) mass is 470 g/mol. The zero-order chi connectivity index (χ0) is 24.2. The average Bonchev–Trinajstić information content (AvgIpc) is 3.00. The first kappa shape index (κ1) is 24.8. The molecule has 1 fully saturated rings. The van der Waals surface area contributed by atoms with Crippen molar-refractivity contribution in [2.75, 3.05) is 6.61 Å². The van der Waals surface area contributed by atoms with Gasteiger partial charge in [-0.05, 0) is 76.6 Å². The molecule has 33 heavy (non-hydrogen) atoms. The normalized spacial score (nSPS) is 19.2. The van der Waals surface area contributed by atoms with Gasteiger partial charge in [-0.3, -0.25) is 24.7 Å². The summed E-state index contributed by atoms with van der Waals surface area (Å²) in [5.74, 6) is 0.229. The predicted octanol–water partition coefficient (Wildman–Crippen LogP) is 4.64. The number of pyridine rings is 1. The van der Waals surface area contributed by atoms with Crippen molar-refractivity contribution in [2.24, 2.45) is 5.41 Å². The van der Waals surface area contributed by atoms with Crippen LogP contribution in [-0.4, -0.2) is 33.5 Å². The fourth-order valence-corrected chi connectivity index (χ4v) is 4.15. The van der Waals surface area contributed by atoms with Gasteiger partial charge < -0.3 is 9.47 Å². The Balaban J connectivity index is 1.47. The van der Waals surface area contributed by atoms with Gasteiger partial charge in [0, 0.05) is 23.9 Å². The molecule has 7 nitrogen and oxygen atoms in total. The molecule has 2 amide bonds. The van der Waals surface area contributed by atoms with Crippen LogP contribution in [0.25, 0.3) is 0 Å². The number of aromatic nitrogens is 1. The number of amides is 2. The summed E-state index contributed by atoms with van der Waals surface area (Å²) in [6.45, 7) is 9.55. The number of ether oxygens (including phenoxy) is 2. The molecule has 8 heteroatoms. The lowest BCUT2D eigenvalue weighted by molar-refractivity contribution is -0.158. The van der Waals surface area contributed by atoms with E-state index in [0.29, 0.717) is 19.4 Å². The highest BCUT2D eigenvalue weighted by Gasteiger charge is 2.43. The summed E-state index contributed by atoms with van der Waals surface area (Å²) in [7, 11) is 0. The summed E-state index contributed by atoms with van der Waals surface area (Å²) in [6.07, 6.45) is 2.47. The molecule has 2 heterocycles. The fraction of sp³-hybridized carbons (Fsp3) is 0.440. The van der Waals surface area contributed by atoms with E-state index in [2.05, 4.69) is 10.3 Å². The highest BCUT2D eigenvalue weighted by Crippen LogP contribution is 2.35. The van der Waals surface area contributed by atoms with E-state index in [0.717, 1.165) is 34.3 Å². The van der Waals surface area contributed by atoms with Gasteiger partial charge in [-0.15, -0.1) is 0 Å². The van der Waals surface area contributed by atoms with Gasteiger partial charge in [-0.25, -0.2) is 0 Å². The number of thioether (sulfide) groups is 1. The number of rotatable bonds is 8. The molecule has 1 aliphatic rings. The number of nitrogens with one attached hydrogen (secondary N) is 1.